The molecule has 0 aromatic heterocycles. The Labute approximate surface area is 178 Å². The molecule has 6 heteroatoms. The van der Waals surface area contributed by atoms with Gasteiger partial charge in [0, 0.05) is 16.9 Å². The number of carbonyl (C=O) groups is 2. The summed E-state index contributed by atoms with van der Waals surface area (Å²) in [6, 6.07) is 21.4. The van der Waals surface area contributed by atoms with Crippen LogP contribution in [0.2, 0.25) is 10.0 Å². The van der Waals surface area contributed by atoms with Gasteiger partial charge < -0.3 is 5.32 Å². The Morgan fingerprint density at radius 1 is 0.857 bits per heavy atom. The second-order valence-electron chi connectivity index (χ2n) is 6.03. The quantitative estimate of drug-likeness (QED) is 0.461. The molecule has 0 unspecified atom stereocenters. The highest BCUT2D eigenvalue weighted by Gasteiger charge is 2.14. The summed E-state index contributed by atoms with van der Waals surface area (Å²) < 4.78 is 0. The average Bonchev–Trinajstić information content (AvgIpc) is 2.71. The lowest BCUT2D eigenvalue weighted by atomic mass is 10.0. The van der Waals surface area contributed by atoms with Crippen LogP contribution >= 0.6 is 35.0 Å². The van der Waals surface area contributed by atoms with Crippen LogP contribution in [0.25, 0.3) is 0 Å². The van der Waals surface area contributed by atoms with Crippen molar-refractivity contribution in [3.63, 3.8) is 0 Å². The van der Waals surface area contributed by atoms with E-state index in [1.54, 1.807) is 48.5 Å². The van der Waals surface area contributed by atoms with Crippen LogP contribution in [-0.4, -0.2) is 17.4 Å². The first kappa shape index (κ1) is 20.5. The van der Waals surface area contributed by atoms with Crippen molar-refractivity contribution < 1.29 is 9.59 Å². The molecule has 0 atom stereocenters. The lowest BCUT2D eigenvalue weighted by Gasteiger charge is -2.10. The second kappa shape index (κ2) is 9.78. The fourth-order valence-electron chi connectivity index (χ4n) is 2.61. The van der Waals surface area contributed by atoms with Gasteiger partial charge in [-0.1, -0.05) is 71.7 Å². The number of para-hydroxylation sites is 1. The zero-order chi connectivity index (χ0) is 19.9. The molecule has 0 fully saturated rings. The van der Waals surface area contributed by atoms with Crippen LogP contribution in [0.1, 0.15) is 21.5 Å². The van der Waals surface area contributed by atoms with E-state index in [-0.39, 0.29) is 17.4 Å². The van der Waals surface area contributed by atoms with E-state index >= 15 is 0 Å². The molecular weight excluding hydrogens is 413 g/mol. The number of ketones is 1. The van der Waals surface area contributed by atoms with Crippen molar-refractivity contribution >= 4 is 52.3 Å². The molecule has 28 heavy (non-hydrogen) atoms. The molecule has 3 nitrogen and oxygen atoms in total. The fourth-order valence-corrected chi connectivity index (χ4v) is 3.71. The Bertz CT molecular complexity index is 993. The molecule has 3 aromatic carbocycles. The van der Waals surface area contributed by atoms with Crippen molar-refractivity contribution in [3.8, 4) is 0 Å². The molecule has 0 aliphatic rings. The van der Waals surface area contributed by atoms with Gasteiger partial charge in [-0.25, -0.2) is 0 Å². The van der Waals surface area contributed by atoms with Crippen molar-refractivity contribution in [2.45, 2.75) is 5.75 Å². The van der Waals surface area contributed by atoms with E-state index in [4.69, 9.17) is 23.2 Å². The fraction of sp³-hybridized carbons (Fsp3) is 0.0909. The Hall–Kier alpha value is -2.27. The maximum absolute atomic E-state index is 12.7. The van der Waals surface area contributed by atoms with Crippen LogP contribution in [0.3, 0.4) is 0 Å². The number of carbonyl (C=O) groups excluding carboxylic acids is 2. The molecule has 3 rings (SSSR count). The summed E-state index contributed by atoms with van der Waals surface area (Å²) in [5, 5.41) is 3.85. The van der Waals surface area contributed by atoms with Crippen LogP contribution < -0.4 is 5.32 Å². The molecule has 0 aliphatic heterocycles. The van der Waals surface area contributed by atoms with E-state index in [0.29, 0.717) is 32.6 Å². The summed E-state index contributed by atoms with van der Waals surface area (Å²) in [4.78, 5) is 25.1. The Balaban J connectivity index is 1.61. The maximum atomic E-state index is 12.7. The predicted molar refractivity (Wildman–Crippen MR) is 118 cm³/mol. The van der Waals surface area contributed by atoms with Gasteiger partial charge in [0.25, 0.3) is 0 Å². The number of benzene rings is 3. The molecule has 142 valence electrons. The smallest absolute Gasteiger partial charge is 0.234 e. The van der Waals surface area contributed by atoms with Gasteiger partial charge in [-0.15, -0.1) is 11.8 Å². The molecule has 0 heterocycles. The van der Waals surface area contributed by atoms with Gasteiger partial charge in [0.05, 0.1) is 21.5 Å². The monoisotopic (exact) mass is 429 g/mol. The second-order valence-corrected chi connectivity index (χ2v) is 7.83. The number of hydrogen-bond donors (Lipinski definition) is 1. The number of hydrogen-bond acceptors (Lipinski definition) is 3. The van der Waals surface area contributed by atoms with Crippen LogP contribution in [-0.2, 0) is 10.5 Å². The van der Waals surface area contributed by atoms with E-state index in [0.717, 1.165) is 5.56 Å². The molecule has 1 amide bonds. The standard InChI is InChI=1S/C22H17Cl2NO2S/c23-18-11-10-15(12-19(18)24)13-28-14-21(26)25-20-9-5-4-8-17(20)22(27)16-6-2-1-3-7-16/h1-12H,13-14H2,(H,25,26). The van der Waals surface area contributed by atoms with Crippen molar-refractivity contribution in [1.29, 1.82) is 0 Å². The summed E-state index contributed by atoms with van der Waals surface area (Å²) in [5.41, 5.74) is 2.55. The third kappa shape index (κ3) is 5.38. The summed E-state index contributed by atoms with van der Waals surface area (Å²) in [7, 11) is 0. The zero-order valence-electron chi connectivity index (χ0n) is 14.8. The normalized spacial score (nSPS) is 10.5. The molecule has 0 radical (unpaired) electrons. The lowest BCUT2D eigenvalue weighted by Crippen LogP contribution is -2.17. The third-order valence-electron chi connectivity index (χ3n) is 3.97. The van der Waals surface area contributed by atoms with E-state index in [2.05, 4.69) is 5.32 Å². The summed E-state index contributed by atoms with van der Waals surface area (Å²) in [6.07, 6.45) is 0. The minimum atomic E-state index is -0.168. The maximum Gasteiger partial charge on any atom is 0.234 e. The SMILES string of the molecule is O=C(CSCc1ccc(Cl)c(Cl)c1)Nc1ccccc1C(=O)c1ccccc1. The lowest BCUT2D eigenvalue weighted by molar-refractivity contribution is -0.113. The summed E-state index contributed by atoms with van der Waals surface area (Å²) in [5.74, 6) is 0.599. The van der Waals surface area contributed by atoms with Gasteiger partial charge in [0.2, 0.25) is 5.91 Å². The predicted octanol–water partition coefficient (Wildman–Crippen LogP) is 6.10. The molecule has 3 aromatic rings. The average molecular weight is 430 g/mol. The number of anilines is 1. The summed E-state index contributed by atoms with van der Waals surface area (Å²) in [6.45, 7) is 0. The van der Waals surface area contributed by atoms with Crippen molar-refractivity contribution in [2.24, 2.45) is 0 Å². The highest BCUT2D eigenvalue weighted by molar-refractivity contribution is 7.99. The third-order valence-corrected chi connectivity index (χ3v) is 5.71. The molecule has 0 aliphatic carbocycles. The van der Waals surface area contributed by atoms with Gasteiger partial charge in [-0.2, -0.15) is 0 Å². The van der Waals surface area contributed by atoms with E-state index in [9.17, 15) is 9.59 Å². The van der Waals surface area contributed by atoms with Gasteiger partial charge in [-0.05, 0) is 29.8 Å². The van der Waals surface area contributed by atoms with Crippen molar-refractivity contribution in [1.82, 2.24) is 0 Å². The van der Waals surface area contributed by atoms with Gasteiger partial charge >= 0.3 is 0 Å². The summed E-state index contributed by atoms with van der Waals surface area (Å²) >= 11 is 13.4. The molecule has 0 saturated carbocycles. The van der Waals surface area contributed by atoms with Crippen LogP contribution in [0.4, 0.5) is 5.69 Å². The number of halogens is 2. The van der Waals surface area contributed by atoms with E-state index < -0.39 is 0 Å². The topological polar surface area (TPSA) is 46.2 Å². The van der Waals surface area contributed by atoms with Crippen molar-refractivity contribution in [3.05, 3.63) is 99.5 Å². The van der Waals surface area contributed by atoms with Crippen LogP contribution in [0, 0.1) is 0 Å². The van der Waals surface area contributed by atoms with Gasteiger partial charge in [0.15, 0.2) is 5.78 Å². The highest BCUT2D eigenvalue weighted by Crippen LogP contribution is 2.25. The van der Waals surface area contributed by atoms with E-state index in [1.807, 2.05) is 24.3 Å². The minimum absolute atomic E-state index is 0.125. The van der Waals surface area contributed by atoms with Crippen LogP contribution in [0.15, 0.2) is 72.8 Å². The first-order valence-corrected chi connectivity index (χ1v) is 10.5. The Morgan fingerprint density at radius 2 is 1.57 bits per heavy atom. The molecule has 0 spiro atoms. The number of amides is 1. The molecule has 1 N–H and O–H groups in total. The zero-order valence-corrected chi connectivity index (χ0v) is 17.2. The van der Waals surface area contributed by atoms with Crippen LogP contribution in [0.5, 0.6) is 0 Å². The number of nitrogens with one attached hydrogen (secondary N) is 1. The first-order chi connectivity index (χ1) is 13.5. The Morgan fingerprint density at radius 3 is 2.32 bits per heavy atom. The minimum Gasteiger partial charge on any atom is -0.325 e. The van der Waals surface area contributed by atoms with E-state index in [1.165, 1.54) is 11.8 Å². The van der Waals surface area contributed by atoms with Gasteiger partial charge in [0.1, 0.15) is 0 Å². The molecule has 0 bridgehead atoms. The largest absolute Gasteiger partial charge is 0.325 e. The van der Waals surface area contributed by atoms with Gasteiger partial charge in [-0.3, -0.25) is 9.59 Å². The molecular formula is C22H17Cl2NO2S. The number of thioether (sulfide) groups is 1. The van der Waals surface area contributed by atoms with Crippen molar-refractivity contribution in [2.75, 3.05) is 11.1 Å². The molecule has 0 saturated heterocycles. The highest BCUT2D eigenvalue weighted by atomic mass is 35.5. The first-order valence-electron chi connectivity index (χ1n) is 8.55. The number of rotatable bonds is 7. The Kier molecular flexibility index (Phi) is 7.15.